The van der Waals surface area contributed by atoms with Crippen LogP contribution in [0.5, 0.6) is 0 Å². The molecule has 0 radical (unpaired) electrons. The van der Waals surface area contributed by atoms with E-state index in [2.05, 4.69) is 0 Å². The molecule has 1 aliphatic rings. The molecule has 1 aromatic carbocycles. The molecule has 1 aromatic rings. The number of halogens is 1. The minimum atomic E-state index is -0.511. The predicted molar refractivity (Wildman–Crippen MR) is 80.0 cm³/mol. The van der Waals surface area contributed by atoms with Gasteiger partial charge in [0.2, 0.25) is 11.8 Å². The number of ether oxygens (including phenoxy) is 1. The van der Waals surface area contributed by atoms with E-state index in [9.17, 15) is 9.59 Å². The average Bonchev–Trinajstić information content (AvgIpc) is 3.23. The number of hydrogen-bond donors (Lipinski definition) is 1. The molecule has 0 bridgehead atoms. The molecular formula is C15H19ClN2O3. The molecular weight excluding hydrogens is 292 g/mol. The van der Waals surface area contributed by atoms with Crippen molar-refractivity contribution in [2.45, 2.75) is 12.3 Å². The van der Waals surface area contributed by atoms with Gasteiger partial charge in [0.1, 0.15) is 0 Å². The van der Waals surface area contributed by atoms with Gasteiger partial charge in [-0.05, 0) is 30.0 Å². The highest BCUT2D eigenvalue weighted by Gasteiger charge is 2.45. The van der Waals surface area contributed by atoms with Crippen molar-refractivity contribution in [3.05, 3.63) is 34.9 Å². The number of amides is 2. The molecule has 0 spiro atoms. The van der Waals surface area contributed by atoms with Crippen LogP contribution in [0, 0.1) is 5.92 Å². The molecule has 2 N–H and O–H groups in total. The van der Waals surface area contributed by atoms with Crippen LogP contribution in [-0.2, 0) is 14.3 Å². The fourth-order valence-corrected chi connectivity index (χ4v) is 2.56. The maximum absolute atomic E-state index is 12.4. The van der Waals surface area contributed by atoms with Gasteiger partial charge in [-0.1, -0.05) is 23.7 Å². The van der Waals surface area contributed by atoms with Crippen LogP contribution in [0.25, 0.3) is 0 Å². The van der Waals surface area contributed by atoms with E-state index in [1.807, 2.05) is 24.3 Å². The first kappa shape index (κ1) is 15.8. The zero-order chi connectivity index (χ0) is 15.4. The fraction of sp³-hybridized carbons (Fsp3) is 0.467. The topological polar surface area (TPSA) is 72.6 Å². The van der Waals surface area contributed by atoms with Gasteiger partial charge in [-0.3, -0.25) is 9.59 Å². The highest BCUT2D eigenvalue weighted by molar-refractivity contribution is 6.30. The quantitative estimate of drug-likeness (QED) is 0.827. The van der Waals surface area contributed by atoms with E-state index in [0.29, 0.717) is 18.2 Å². The SMILES string of the molecule is COCCN(CC(N)=O)C(=O)[C@@H]1C[C@@H]1c1ccc(Cl)cc1. The van der Waals surface area contributed by atoms with E-state index < -0.39 is 5.91 Å². The fourth-order valence-electron chi connectivity index (χ4n) is 2.44. The molecule has 2 amide bonds. The molecule has 1 aliphatic carbocycles. The monoisotopic (exact) mass is 310 g/mol. The summed E-state index contributed by atoms with van der Waals surface area (Å²) in [5.74, 6) is -0.427. The summed E-state index contributed by atoms with van der Waals surface area (Å²) >= 11 is 5.86. The van der Waals surface area contributed by atoms with E-state index in [0.717, 1.165) is 12.0 Å². The molecule has 5 nitrogen and oxygen atoms in total. The van der Waals surface area contributed by atoms with Crippen molar-refractivity contribution in [2.24, 2.45) is 11.7 Å². The molecule has 114 valence electrons. The molecule has 0 unspecified atom stereocenters. The summed E-state index contributed by atoms with van der Waals surface area (Å²) in [6.45, 7) is 0.700. The number of nitrogens with two attached hydrogens (primary N) is 1. The van der Waals surface area contributed by atoms with Crippen molar-refractivity contribution < 1.29 is 14.3 Å². The lowest BCUT2D eigenvalue weighted by molar-refractivity contribution is -0.137. The third kappa shape index (κ3) is 4.19. The van der Waals surface area contributed by atoms with Crippen molar-refractivity contribution >= 4 is 23.4 Å². The van der Waals surface area contributed by atoms with Crippen LogP contribution in [0.4, 0.5) is 0 Å². The predicted octanol–water partition coefficient (Wildman–Crippen LogP) is 1.40. The van der Waals surface area contributed by atoms with Crippen molar-refractivity contribution in [3.8, 4) is 0 Å². The van der Waals surface area contributed by atoms with Gasteiger partial charge in [-0.2, -0.15) is 0 Å². The Hall–Kier alpha value is -1.59. The summed E-state index contributed by atoms with van der Waals surface area (Å²) < 4.78 is 4.97. The third-order valence-corrected chi connectivity index (χ3v) is 3.88. The number of rotatable bonds is 7. The highest BCUT2D eigenvalue weighted by atomic mass is 35.5. The van der Waals surface area contributed by atoms with Crippen molar-refractivity contribution in [1.29, 1.82) is 0 Å². The molecule has 1 saturated carbocycles. The molecule has 6 heteroatoms. The Morgan fingerprint density at radius 1 is 1.38 bits per heavy atom. The van der Waals surface area contributed by atoms with Gasteiger partial charge in [0.15, 0.2) is 0 Å². The van der Waals surface area contributed by atoms with Gasteiger partial charge < -0.3 is 15.4 Å². The molecule has 1 fully saturated rings. The van der Waals surface area contributed by atoms with Gasteiger partial charge >= 0.3 is 0 Å². The first-order chi connectivity index (χ1) is 10.0. The summed E-state index contributed by atoms with van der Waals surface area (Å²) in [6.07, 6.45) is 0.794. The van der Waals surface area contributed by atoms with Crippen LogP contribution in [0.1, 0.15) is 17.9 Å². The lowest BCUT2D eigenvalue weighted by atomic mass is 10.1. The van der Waals surface area contributed by atoms with Gasteiger partial charge in [0.25, 0.3) is 0 Å². The first-order valence-electron chi connectivity index (χ1n) is 6.84. The molecule has 0 aromatic heterocycles. The van der Waals surface area contributed by atoms with Crippen LogP contribution in [-0.4, -0.2) is 43.5 Å². The van der Waals surface area contributed by atoms with E-state index in [1.54, 1.807) is 7.11 Å². The minimum absolute atomic E-state index is 0.0363. The van der Waals surface area contributed by atoms with Crippen LogP contribution in [0.3, 0.4) is 0 Å². The Morgan fingerprint density at radius 3 is 2.62 bits per heavy atom. The van der Waals surface area contributed by atoms with E-state index >= 15 is 0 Å². The van der Waals surface area contributed by atoms with Gasteiger partial charge in [-0.25, -0.2) is 0 Å². The number of carbonyl (C=O) groups is 2. The number of carbonyl (C=O) groups excluding carboxylic acids is 2. The van der Waals surface area contributed by atoms with Crippen molar-refractivity contribution in [2.75, 3.05) is 26.8 Å². The van der Waals surface area contributed by atoms with E-state index in [1.165, 1.54) is 4.90 Å². The van der Waals surface area contributed by atoms with Crippen molar-refractivity contribution in [3.63, 3.8) is 0 Å². The Labute approximate surface area is 129 Å². The Morgan fingerprint density at radius 2 is 2.05 bits per heavy atom. The second-order valence-corrected chi connectivity index (χ2v) is 5.66. The van der Waals surface area contributed by atoms with E-state index in [-0.39, 0.29) is 24.3 Å². The lowest BCUT2D eigenvalue weighted by Crippen LogP contribution is -2.41. The molecule has 2 rings (SSSR count). The summed E-state index contributed by atoms with van der Waals surface area (Å²) in [5.41, 5.74) is 6.30. The van der Waals surface area contributed by atoms with Gasteiger partial charge in [0, 0.05) is 24.6 Å². The first-order valence-corrected chi connectivity index (χ1v) is 7.22. The zero-order valence-electron chi connectivity index (χ0n) is 11.9. The summed E-state index contributed by atoms with van der Waals surface area (Å²) in [7, 11) is 1.56. The van der Waals surface area contributed by atoms with Crippen LogP contribution in [0.15, 0.2) is 24.3 Å². The number of methoxy groups -OCH3 is 1. The van der Waals surface area contributed by atoms with Gasteiger partial charge in [-0.15, -0.1) is 0 Å². The highest BCUT2D eigenvalue weighted by Crippen LogP contribution is 2.48. The molecule has 2 atom stereocenters. The average molecular weight is 311 g/mol. The minimum Gasteiger partial charge on any atom is -0.383 e. The standard InChI is InChI=1S/C15H19ClN2O3/c1-21-7-6-18(9-14(17)19)15(20)13-8-12(13)10-2-4-11(16)5-3-10/h2-5,12-13H,6-9H2,1H3,(H2,17,19)/t12-,13-/m1/s1. The summed E-state index contributed by atoms with van der Waals surface area (Å²) in [4.78, 5) is 25.0. The summed E-state index contributed by atoms with van der Waals surface area (Å²) in [6, 6.07) is 7.52. The Bertz CT molecular complexity index is 518. The second kappa shape index (κ2) is 6.91. The third-order valence-electron chi connectivity index (χ3n) is 3.63. The normalized spacial score (nSPS) is 20.1. The van der Waals surface area contributed by atoms with Crippen LogP contribution in [0.2, 0.25) is 5.02 Å². The van der Waals surface area contributed by atoms with Crippen LogP contribution >= 0.6 is 11.6 Å². The zero-order valence-corrected chi connectivity index (χ0v) is 12.7. The Kier molecular flexibility index (Phi) is 5.20. The number of benzene rings is 1. The van der Waals surface area contributed by atoms with Crippen LogP contribution < -0.4 is 5.73 Å². The van der Waals surface area contributed by atoms with Gasteiger partial charge in [0.05, 0.1) is 13.2 Å². The maximum Gasteiger partial charge on any atom is 0.237 e. The molecule has 0 heterocycles. The number of nitrogens with zero attached hydrogens (tertiary/aromatic N) is 1. The molecule has 0 aliphatic heterocycles. The second-order valence-electron chi connectivity index (χ2n) is 5.22. The number of primary amides is 1. The Balaban J connectivity index is 1.98. The molecule has 0 saturated heterocycles. The smallest absolute Gasteiger partial charge is 0.237 e. The molecule has 21 heavy (non-hydrogen) atoms. The van der Waals surface area contributed by atoms with Crippen molar-refractivity contribution in [1.82, 2.24) is 4.90 Å². The summed E-state index contributed by atoms with van der Waals surface area (Å²) in [5, 5.41) is 0.678. The van der Waals surface area contributed by atoms with E-state index in [4.69, 9.17) is 22.1 Å². The number of hydrogen-bond acceptors (Lipinski definition) is 3. The maximum atomic E-state index is 12.4. The lowest BCUT2D eigenvalue weighted by Gasteiger charge is -2.21. The largest absolute Gasteiger partial charge is 0.383 e.